The smallest absolute Gasteiger partial charge is 0.312 e. The van der Waals surface area contributed by atoms with Crippen molar-refractivity contribution in [3.63, 3.8) is 0 Å². The summed E-state index contributed by atoms with van der Waals surface area (Å²) in [5.74, 6) is -0.583. The van der Waals surface area contributed by atoms with Gasteiger partial charge in [0.1, 0.15) is 0 Å². The van der Waals surface area contributed by atoms with Crippen LogP contribution in [0, 0.1) is 0 Å². The Morgan fingerprint density at radius 3 is 2.31 bits per heavy atom. The first-order valence-corrected chi connectivity index (χ1v) is 6.91. The predicted molar refractivity (Wildman–Crippen MR) is 47.5 cm³/mol. The summed E-state index contributed by atoms with van der Waals surface area (Å²) < 4.78 is 49.4. The molecule has 0 aliphatic rings. The van der Waals surface area contributed by atoms with Gasteiger partial charge in [0.25, 0.3) is 10.1 Å². The van der Waals surface area contributed by atoms with Crippen molar-refractivity contribution in [3.05, 3.63) is 0 Å². The molecule has 0 radical (unpaired) electrons. The van der Waals surface area contributed by atoms with Gasteiger partial charge in [0.05, 0.1) is 12.4 Å². The molecular formula is C5H13O6PS. The van der Waals surface area contributed by atoms with Crippen molar-refractivity contribution in [2.24, 2.45) is 0 Å². The highest BCUT2D eigenvalue weighted by molar-refractivity contribution is 7.85. The maximum atomic E-state index is 11.3. The highest BCUT2D eigenvalue weighted by Gasteiger charge is 2.20. The molecule has 1 unspecified atom stereocenters. The molecule has 0 aromatic carbocycles. The van der Waals surface area contributed by atoms with Crippen LogP contribution >= 0.6 is 7.60 Å². The largest absolute Gasteiger partial charge is 0.330 e. The molecule has 0 bridgehead atoms. The van der Waals surface area contributed by atoms with E-state index in [-0.39, 0.29) is 12.8 Å². The SMILES string of the molecule is CCP(=O)(OC)OCCS(=O)(=O)O. The Labute approximate surface area is 77.5 Å². The van der Waals surface area contributed by atoms with E-state index in [2.05, 4.69) is 4.52 Å². The molecule has 0 saturated heterocycles. The molecule has 0 aromatic rings. The Morgan fingerprint density at radius 2 is 2.00 bits per heavy atom. The van der Waals surface area contributed by atoms with E-state index in [1.165, 1.54) is 7.11 Å². The van der Waals surface area contributed by atoms with E-state index < -0.39 is 23.5 Å². The summed E-state index contributed by atoms with van der Waals surface area (Å²) in [4.78, 5) is 0. The molecule has 0 rings (SSSR count). The van der Waals surface area contributed by atoms with Crippen molar-refractivity contribution in [1.29, 1.82) is 0 Å². The van der Waals surface area contributed by atoms with E-state index in [1.807, 2.05) is 0 Å². The second-order valence-corrected chi connectivity index (χ2v) is 6.28. The van der Waals surface area contributed by atoms with Gasteiger partial charge in [0.2, 0.25) is 0 Å². The van der Waals surface area contributed by atoms with E-state index in [0.29, 0.717) is 0 Å². The minimum Gasteiger partial charge on any atom is -0.312 e. The molecular weight excluding hydrogens is 219 g/mol. The van der Waals surface area contributed by atoms with Crippen molar-refractivity contribution < 1.29 is 26.6 Å². The zero-order valence-corrected chi connectivity index (χ0v) is 9.18. The Balaban J connectivity index is 3.96. The van der Waals surface area contributed by atoms with Crippen LogP contribution in [-0.2, 0) is 23.7 Å². The molecule has 13 heavy (non-hydrogen) atoms. The van der Waals surface area contributed by atoms with E-state index in [9.17, 15) is 13.0 Å². The summed E-state index contributed by atoms with van der Waals surface area (Å²) in [6.07, 6.45) is 0.162. The van der Waals surface area contributed by atoms with Crippen LogP contribution in [0.5, 0.6) is 0 Å². The summed E-state index contributed by atoms with van der Waals surface area (Å²) in [6.45, 7) is 1.26. The minimum atomic E-state index is -4.06. The van der Waals surface area contributed by atoms with E-state index in [1.54, 1.807) is 6.92 Å². The van der Waals surface area contributed by atoms with E-state index >= 15 is 0 Å². The van der Waals surface area contributed by atoms with Gasteiger partial charge in [-0.15, -0.1) is 0 Å². The molecule has 6 nitrogen and oxygen atoms in total. The van der Waals surface area contributed by atoms with Crippen molar-refractivity contribution in [2.45, 2.75) is 6.92 Å². The van der Waals surface area contributed by atoms with Crippen LogP contribution in [-0.4, -0.2) is 38.6 Å². The van der Waals surface area contributed by atoms with Gasteiger partial charge < -0.3 is 9.05 Å². The zero-order valence-electron chi connectivity index (χ0n) is 7.47. The monoisotopic (exact) mass is 232 g/mol. The van der Waals surface area contributed by atoms with Gasteiger partial charge in [-0.3, -0.25) is 9.12 Å². The fourth-order valence-corrected chi connectivity index (χ4v) is 1.89. The molecule has 0 fully saturated rings. The van der Waals surface area contributed by atoms with Gasteiger partial charge in [-0.25, -0.2) is 0 Å². The first-order chi connectivity index (χ1) is 5.83. The average Bonchev–Trinajstić information content (AvgIpc) is 2.02. The van der Waals surface area contributed by atoms with Crippen LogP contribution in [0.3, 0.4) is 0 Å². The van der Waals surface area contributed by atoms with Gasteiger partial charge in [-0.05, 0) is 0 Å². The summed E-state index contributed by atoms with van der Waals surface area (Å²) >= 11 is 0. The summed E-state index contributed by atoms with van der Waals surface area (Å²) in [5, 5.41) is 0. The molecule has 0 saturated carbocycles. The molecule has 1 atom stereocenters. The van der Waals surface area contributed by atoms with Crippen LogP contribution in [0.4, 0.5) is 0 Å². The molecule has 0 amide bonds. The van der Waals surface area contributed by atoms with Crippen LogP contribution in [0.2, 0.25) is 0 Å². The second-order valence-electron chi connectivity index (χ2n) is 2.23. The Bertz CT molecular complexity index is 275. The van der Waals surface area contributed by atoms with Gasteiger partial charge in [-0.1, -0.05) is 6.92 Å². The quantitative estimate of drug-likeness (QED) is 0.536. The normalized spacial score (nSPS) is 16.8. The van der Waals surface area contributed by atoms with Crippen molar-refractivity contribution in [2.75, 3.05) is 25.6 Å². The average molecular weight is 232 g/mol. The molecule has 8 heteroatoms. The third-order valence-corrected chi connectivity index (χ3v) is 3.88. The number of hydrogen-bond acceptors (Lipinski definition) is 5. The summed E-state index contributed by atoms with van der Waals surface area (Å²) in [7, 11) is -5.99. The lowest BCUT2D eigenvalue weighted by Crippen LogP contribution is -2.10. The molecule has 0 spiro atoms. The van der Waals surface area contributed by atoms with E-state index in [0.717, 1.165) is 0 Å². The lowest BCUT2D eigenvalue weighted by molar-refractivity contribution is 0.245. The molecule has 80 valence electrons. The fourth-order valence-electron chi connectivity index (χ4n) is 0.555. The van der Waals surface area contributed by atoms with Crippen molar-refractivity contribution >= 4 is 17.7 Å². The summed E-state index contributed by atoms with van der Waals surface area (Å²) in [6, 6.07) is 0. The zero-order chi connectivity index (χ0) is 10.5. The molecule has 0 aromatic heterocycles. The third kappa shape index (κ3) is 6.17. The first kappa shape index (κ1) is 13.1. The van der Waals surface area contributed by atoms with E-state index in [4.69, 9.17) is 9.08 Å². The first-order valence-electron chi connectivity index (χ1n) is 3.57. The van der Waals surface area contributed by atoms with Crippen LogP contribution < -0.4 is 0 Å². The van der Waals surface area contributed by atoms with Crippen LogP contribution in [0.1, 0.15) is 6.92 Å². The van der Waals surface area contributed by atoms with Crippen molar-refractivity contribution in [3.8, 4) is 0 Å². The predicted octanol–water partition coefficient (Wildman–Crippen LogP) is 0.750. The Kier molecular flexibility index (Phi) is 5.09. The molecule has 0 aliphatic heterocycles. The Morgan fingerprint density at radius 1 is 1.46 bits per heavy atom. The molecule has 0 aliphatic carbocycles. The summed E-state index contributed by atoms with van der Waals surface area (Å²) in [5.41, 5.74) is 0. The van der Waals surface area contributed by atoms with Gasteiger partial charge in [-0.2, -0.15) is 8.42 Å². The maximum absolute atomic E-state index is 11.3. The lowest BCUT2D eigenvalue weighted by Gasteiger charge is -2.13. The Hall–Kier alpha value is 0.0600. The highest BCUT2D eigenvalue weighted by Crippen LogP contribution is 2.46. The van der Waals surface area contributed by atoms with Crippen molar-refractivity contribution in [1.82, 2.24) is 0 Å². The topological polar surface area (TPSA) is 89.9 Å². The van der Waals surface area contributed by atoms with Crippen LogP contribution in [0.15, 0.2) is 0 Å². The van der Waals surface area contributed by atoms with Gasteiger partial charge in [0, 0.05) is 13.3 Å². The highest BCUT2D eigenvalue weighted by atomic mass is 32.2. The fraction of sp³-hybridized carbons (Fsp3) is 1.00. The maximum Gasteiger partial charge on any atom is 0.330 e. The molecule has 1 N–H and O–H groups in total. The number of rotatable bonds is 6. The number of hydrogen-bond donors (Lipinski definition) is 1. The third-order valence-electron chi connectivity index (χ3n) is 1.29. The van der Waals surface area contributed by atoms with Crippen LogP contribution in [0.25, 0.3) is 0 Å². The van der Waals surface area contributed by atoms with Gasteiger partial charge in [0.15, 0.2) is 0 Å². The second kappa shape index (κ2) is 5.07. The standard InChI is InChI=1S/C5H13O6PS/c1-3-12(6,10-2)11-4-5-13(7,8)9/h3-5H2,1-2H3,(H,7,8,9). The molecule has 0 heterocycles. The lowest BCUT2D eigenvalue weighted by atomic mass is 10.9. The van der Waals surface area contributed by atoms with Gasteiger partial charge >= 0.3 is 7.60 Å². The minimum absolute atomic E-state index is 0.162.